The minimum Gasteiger partial charge on any atom is -0.353 e. The van der Waals surface area contributed by atoms with E-state index < -0.39 is 0 Å². The predicted octanol–water partition coefficient (Wildman–Crippen LogP) is 3.30. The van der Waals surface area contributed by atoms with Crippen molar-refractivity contribution in [1.29, 1.82) is 5.26 Å². The van der Waals surface area contributed by atoms with Crippen molar-refractivity contribution < 1.29 is 4.79 Å². The lowest BCUT2D eigenvalue weighted by molar-refractivity contribution is -0.119. The zero-order valence-corrected chi connectivity index (χ0v) is 13.4. The molecule has 4 nitrogen and oxygen atoms in total. The van der Waals surface area contributed by atoms with Gasteiger partial charge in [0, 0.05) is 6.04 Å². The molecule has 0 radical (unpaired) electrons. The minimum absolute atomic E-state index is 0.0535. The summed E-state index contributed by atoms with van der Waals surface area (Å²) >= 11 is 2.89. The van der Waals surface area contributed by atoms with Gasteiger partial charge in [0.25, 0.3) is 0 Å². The number of nitrogens with one attached hydrogen (secondary N) is 1. The Bertz CT molecular complexity index is 660. The number of carbonyl (C=O) groups is 1. The zero-order chi connectivity index (χ0) is 15.2. The molecule has 0 aliphatic heterocycles. The van der Waals surface area contributed by atoms with Gasteiger partial charge in [-0.3, -0.25) is 4.79 Å². The van der Waals surface area contributed by atoms with Crippen LogP contribution in [-0.2, 0) is 4.79 Å². The lowest BCUT2D eigenvalue weighted by atomic mass is 10.2. The topological polar surface area (TPSA) is 65.8 Å². The van der Waals surface area contributed by atoms with Crippen LogP contribution in [0.3, 0.4) is 0 Å². The summed E-state index contributed by atoms with van der Waals surface area (Å²) in [6.45, 7) is 3.83. The van der Waals surface area contributed by atoms with Crippen LogP contribution < -0.4 is 5.32 Å². The smallest absolute Gasteiger partial charge is 0.230 e. The lowest BCUT2D eigenvalue weighted by Gasteiger charge is -2.08. The largest absolute Gasteiger partial charge is 0.353 e. The van der Waals surface area contributed by atoms with E-state index in [1.54, 1.807) is 17.4 Å². The van der Waals surface area contributed by atoms with E-state index in [1.807, 2.05) is 37.4 Å². The average Bonchev–Trinajstić information content (AvgIpc) is 2.98. The van der Waals surface area contributed by atoms with Gasteiger partial charge in [0.2, 0.25) is 5.91 Å². The molecule has 0 atom stereocenters. The molecule has 1 amide bonds. The molecule has 2 rings (SSSR count). The van der Waals surface area contributed by atoms with E-state index in [1.165, 1.54) is 11.8 Å². The Hall–Kier alpha value is -1.84. The number of nitrogens with zero attached hydrogens (tertiary/aromatic N) is 2. The molecule has 0 aliphatic carbocycles. The fourth-order valence-corrected chi connectivity index (χ4v) is 3.17. The highest BCUT2D eigenvalue weighted by Gasteiger charge is 2.11. The van der Waals surface area contributed by atoms with Gasteiger partial charge in [0.05, 0.1) is 21.9 Å². The summed E-state index contributed by atoms with van der Waals surface area (Å²) in [5, 5.41) is 14.6. The van der Waals surface area contributed by atoms with Gasteiger partial charge < -0.3 is 5.32 Å². The first-order valence-corrected chi connectivity index (χ1v) is 8.34. The Balaban J connectivity index is 2.15. The first-order valence-electron chi connectivity index (χ1n) is 6.47. The SMILES string of the molecule is CC(C)NC(=O)CSc1nc(-c2cccs2)ccc1C#N. The van der Waals surface area contributed by atoms with E-state index in [0.717, 1.165) is 10.6 Å². The van der Waals surface area contributed by atoms with E-state index in [2.05, 4.69) is 16.4 Å². The molecule has 108 valence electrons. The van der Waals surface area contributed by atoms with Crippen LogP contribution in [0, 0.1) is 11.3 Å². The van der Waals surface area contributed by atoms with Crippen LogP contribution in [0.25, 0.3) is 10.6 Å². The molecule has 0 saturated carbocycles. The van der Waals surface area contributed by atoms with Crippen molar-refractivity contribution >= 4 is 29.0 Å². The number of amides is 1. The molecule has 0 aliphatic rings. The van der Waals surface area contributed by atoms with Crippen LogP contribution in [0.15, 0.2) is 34.7 Å². The Labute approximate surface area is 132 Å². The Morgan fingerprint density at radius 1 is 1.48 bits per heavy atom. The van der Waals surface area contributed by atoms with Crippen LogP contribution in [0.4, 0.5) is 0 Å². The molecule has 0 spiro atoms. The number of thioether (sulfide) groups is 1. The molecule has 2 aromatic heterocycles. The predicted molar refractivity (Wildman–Crippen MR) is 86.3 cm³/mol. The summed E-state index contributed by atoms with van der Waals surface area (Å²) in [5.74, 6) is 0.204. The highest BCUT2D eigenvalue weighted by molar-refractivity contribution is 8.00. The summed E-state index contributed by atoms with van der Waals surface area (Å²) in [4.78, 5) is 17.3. The second-order valence-electron chi connectivity index (χ2n) is 4.65. The quantitative estimate of drug-likeness (QED) is 0.859. The van der Waals surface area contributed by atoms with Gasteiger partial charge in [-0.15, -0.1) is 11.3 Å². The third kappa shape index (κ3) is 4.31. The number of pyridine rings is 1. The number of hydrogen-bond acceptors (Lipinski definition) is 5. The van der Waals surface area contributed by atoms with Gasteiger partial charge in [0.15, 0.2) is 0 Å². The summed E-state index contributed by atoms with van der Waals surface area (Å²) in [5.41, 5.74) is 1.33. The van der Waals surface area contributed by atoms with Crippen LogP contribution in [0.2, 0.25) is 0 Å². The maximum atomic E-state index is 11.7. The molecule has 1 N–H and O–H groups in total. The van der Waals surface area contributed by atoms with Crippen molar-refractivity contribution in [3.8, 4) is 16.6 Å². The van der Waals surface area contributed by atoms with E-state index in [0.29, 0.717) is 10.6 Å². The molecular formula is C15H15N3OS2. The van der Waals surface area contributed by atoms with Crippen molar-refractivity contribution in [2.45, 2.75) is 24.9 Å². The average molecular weight is 317 g/mol. The van der Waals surface area contributed by atoms with Crippen LogP contribution >= 0.6 is 23.1 Å². The van der Waals surface area contributed by atoms with Gasteiger partial charge >= 0.3 is 0 Å². The number of hydrogen-bond donors (Lipinski definition) is 1. The number of aromatic nitrogens is 1. The number of thiophene rings is 1. The number of rotatable bonds is 5. The van der Waals surface area contributed by atoms with Gasteiger partial charge in [-0.1, -0.05) is 17.8 Å². The van der Waals surface area contributed by atoms with E-state index >= 15 is 0 Å². The Morgan fingerprint density at radius 2 is 2.29 bits per heavy atom. The first kappa shape index (κ1) is 15.5. The van der Waals surface area contributed by atoms with Crippen LogP contribution in [0.5, 0.6) is 0 Å². The van der Waals surface area contributed by atoms with Crippen molar-refractivity contribution in [2.75, 3.05) is 5.75 Å². The Morgan fingerprint density at radius 3 is 2.90 bits per heavy atom. The fraction of sp³-hybridized carbons (Fsp3) is 0.267. The van der Waals surface area contributed by atoms with Crippen LogP contribution in [0.1, 0.15) is 19.4 Å². The molecular weight excluding hydrogens is 302 g/mol. The van der Waals surface area contributed by atoms with E-state index in [4.69, 9.17) is 5.26 Å². The summed E-state index contributed by atoms with van der Waals surface area (Å²) in [7, 11) is 0. The molecule has 21 heavy (non-hydrogen) atoms. The molecule has 6 heteroatoms. The molecule has 0 aromatic carbocycles. The van der Waals surface area contributed by atoms with Gasteiger partial charge in [-0.2, -0.15) is 5.26 Å². The highest BCUT2D eigenvalue weighted by Crippen LogP contribution is 2.27. The Kier molecular flexibility index (Phi) is 5.37. The fourth-order valence-electron chi connectivity index (χ4n) is 1.69. The van der Waals surface area contributed by atoms with Gasteiger partial charge in [-0.25, -0.2) is 4.98 Å². The van der Waals surface area contributed by atoms with Crippen molar-refractivity contribution in [3.63, 3.8) is 0 Å². The van der Waals surface area contributed by atoms with E-state index in [-0.39, 0.29) is 17.7 Å². The van der Waals surface area contributed by atoms with Crippen molar-refractivity contribution in [3.05, 3.63) is 35.2 Å². The summed E-state index contributed by atoms with van der Waals surface area (Å²) < 4.78 is 0. The van der Waals surface area contributed by atoms with Gasteiger partial charge in [-0.05, 0) is 37.4 Å². The molecule has 0 unspecified atom stereocenters. The second kappa shape index (κ2) is 7.25. The second-order valence-corrected chi connectivity index (χ2v) is 6.56. The van der Waals surface area contributed by atoms with Gasteiger partial charge in [0.1, 0.15) is 11.1 Å². The number of carbonyl (C=O) groups excluding carboxylic acids is 1. The lowest BCUT2D eigenvalue weighted by Crippen LogP contribution is -2.31. The van der Waals surface area contributed by atoms with E-state index in [9.17, 15) is 4.79 Å². The van der Waals surface area contributed by atoms with Crippen molar-refractivity contribution in [2.24, 2.45) is 0 Å². The standard InChI is InChI=1S/C15H15N3OS2/c1-10(2)17-14(19)9-21-15-11(8-16)5-6-12(18-15)13-4-3-7-20-13/h3-7,10H,9H2,1-2H3,(H,17,19). The first-order chi connectivity index (χ1) is 10.1. The highest BCUT2D eigenvalue weighted by atomic mass is 32.2. The normalized spacial score (nSPS) is 10.4. The summed E-state index contributed by atoms with van der Waals surface area (Å²) in [6, 6.07) is 9.77. The third-order valence-corrected chi connectivity index (χ3v) is 4.43. The third-order valence-electron chi connectivity index (χ3n) is 2.54. The molecule has 2 heterocycles. The minimum atomic E-state index is -0.0535. The monoisotopic (exact) mass is 317 g/mol. The van der Waals surface area contributed by atoms with Crippen LogP contribution in [-0.4, -0.2) is 22.7 Å². The zero-order valence-electron chi connectivity index (χ0n) is 11.8. The maximum absolute atomic E-state index is 11.7. The van der Waals surface area contributed by atoms with Crippen molar-refractivity contribution in [1.82, 2.24) is 10.3 Å². The molecule has 0 bridgehead atoms. The molecule has 2 aromatic rings. The molecule has 0 fully saturated rings. The molecule has 0 saturated heterocycles. The summed E-state index contributed by atoms with van der Waals surface area (Å²) in [6.07, 6.45) is 0. The maximum Gasteiger partial charge on any atom is 0.230 e. The number of nitriles is 1.